The molecule has 0 spiro atoms. The summed E-state index contributed by atoms with van der Waals surface area (Å²) in [5.41, 5.74) is 6.01. The van der Waals surface area contributed by atoms with Crippen molar-refractivity contribution >= 4 is 22.4 Å². The Morgan fingerprint density at radius 3 is 2.44 bits per heavy atom. The van der Waals surface area contributed by atoms with Gasteiger partial charge in [-0.2, -0.15) is 0 Å². The maximum absolute atomic E-state index is 5.29. The number of benzene rings is 3. The highest BCUT2D eigenvalue weighted by Gasteiger charge is 2.18. The lowest BCUT2D eigenvalue weighted by atomic mass is 10.1. The molecular formula is C30H35N5O. The predicted molar refractivity (Wildman–Crippen MR) is 149 cm³/mol. The van der Waals surface area contributed by atoms with Crippen LogP contribution in [-0.4, -0.2) is 61.2 Å². The summed E-state index contributed by atoms with van der Waals surface area (Å²) < 4.78 is 5.29. The summed E-state index contributed by atoms with van der Waals surface area (Å²) in [5.74, 6) is 2.44. The molecule has 5 rings (SSSR count). The molecule has 36 heavy (non-hydrogen) atoms. The van der Waals surface area contributed by atoms with E-state index in [0.29, 0.717) is 0 Å². The number of piperazine rings is 1. The van der Waals surface area contributed by atoms with Crippen molar-refractivity contribution in [3.63, 3.8) is 0 Å². The van der Waals surface area contributed by atoms with Crippen LogP contribution in [0.2, 0.25) is 0 Å². The zero-order valence-electron chi connectivity index (χ0n) is 21.5. The average molecular weight is 482 g/mol. The number of rotatable bonds is 8. The molecule has 1 N–H and O–H groups in total. The Labute approximate surface area is 213 Å². The van der Waals surface area contributed by atoms with E-state index in [1.54, 1.807) is 7.11 Å². The van der Waals surface area contributed by atoms with E-state index in [1.807, 2.05) is 42.5 Å². The fourth-order valence-electron chi connectivity index (χ4n) is 4.86. The number of para-hydroxylation sites is 1. The second kappa shape index (κ2) is 11.0. The van der Waals surface area contributed by atoms with E-state index in [2.05, 4.69) is 53.2 Å². The minimum absolute atomic E-state index is 0.724. The van der Waals surface area contributed by atoms with Gasteiger partial charge in [-0.05, 0) is 80.4 Å². The number of nitrogens with one attached hydrogen (secondary N) is 1. The Kier molecular flexibility index (Phi) is 7.33. The third kappa shape index (κ3) is 5.44. The molecule has 6 heteroatoms. The van der Waals surface area contributed by atoms with Crippen LogP contribution in [0.3, 0.4) is 0 Å². The summed E-state index contributed by atoms with van der Waals surface area (Å²) in [5, 5.41) is 4.65. The number of hydrogen-bond donors (Lipinski definition) is 1. The minimum Gasteiger partial charge on any atom is -0.497 e. The first-order valence-corrected chi connectivity index (χ1v) is 12.8. The normalized spacial score (nSPS) is 14.2. The Bertz CT molecular complexity index is 1310. The SMILES string of the molecule is COc1ccc(-c2nc(NCCCN3CCN(c4cc(C)ccc4C)CC3)c3ccccc3n2)cc1. The maximum atomic E-state index is 5.29. The highest BCUT2D eigenvalue weighted by Crippen LogP contribution is 2.26. The number of aryl methyl sites for hydroxylation is 2. The summed E-state index contributed by atoms with van der Waals surface area (Å²) in [6.07, 6.45) is 1.07. The Morgan fingerprint density at radius 1 is 0.889 bits per heavy atom. The second-order valence-corrected chi connectivity index (χ2v) is 9.54. The van der Waals surface area contributed by atoms with Crippen molar-refractivity contribution in [3.05, 3.63) is 77.9 Å². The van der Waals surface area contributed by atoms with Crippen LogP contribution in [-0.2, 0) is 0 Å². The van der Waals surface area contributed by atoms with E-state index in [0.717, 1.165) is 79.5 Å². The molecule has 0 amide bonds. The van der Waals surface area contributed by atoms with Crippen molar-refractivity contribution in [2.45, 2.75) is 20.3 Å². The predicted octanol–water partition coefficient (Wildman–Crippen LogP) is 5.55. The quantitative estimate of drug-likeness (QED) is 0.333. The van der Waals surface area contributed by atoms with Gasteiger partial charge < -0.3 is 15.0 Å². The van der Waals surface area contributed by atoms with Crippen LogP contribution in [0.5, 0.6) is 5.75 Å². The van der Waals surface area contributed by atoms with Gasteiger partial charge in [-0.25, -0.2) is 9.97 Å². The van der Waals surface area contributed by atoms with Crippen LogP contribution in [0.4, 0.5) is 11.5 Å². The molecule has 186 valence electrons. The second-order valence-electron chi connectivity index (χ2n) is 9.54. The van der Waals surface area contributed by atoms with Gasteiger partial charge in [0.05, 0.1) is 12.6 Å². The smallest absolute Gasteiger partial charge is 0.162 e. The number of hydrogen-bond acceptors (Lipinski definition) is 6. The molecule has 3 aromatic carbocycles. The van der Waals surface area contributed by atoms with Crippen LogP contribution in [0, 0.1) is 13.8 Å². The molecule has 4 aromatic rings. The zero-order valence-corrected chi connectivity index (χ0v) is 21.5. The van der Waals surface area contributed by atoms with Gasteiger partial charge in [0.15, 0.2) is 5.82 Å². The summed E-state index contributed by atoms with van der Waals surface area (Å²) in [4.78, 5) is 14.8. The van der Waals surface area contributed by atoms with Gasteiger partial charge in [0.2, 0.25) is 0 Å². The maximum Gasteiger partial charge on any atom is 0.162 e. The van der Waals surface area contributed by atoms with Gasteiger partial charge >= 0.3 is 0 Å². The fraction of sp³-hybridized carbons (Fsp3) is 0.333. The zero-order chi connectivity index (χ0) is 24.9. The number of ether oxygens (including phenoxy) is 1. The molecule has 0 aliphatic carbocycles. The monoisotopic (exact) mass is 481 g/mol. The van der Waals surface area contributed by atoms with Crippen LogP contribution in [0.25, 0.3) is 22.3 Å². The molecule has 1 aliphatic heterocycles. The molecule has 1 saturated heterocycles. The van der Waals surface area contributed by atoms with Gasteiger partial charge in [-0.3, -0.25) is 4.90 Å². The van der Waals surface area contributed by atoms with Gasteiger partial charge in [0, 0.05) is 49.4 Å². The molecule has 0 unspecified atom stereocenters. The van der Waals surface area contributed by atoms with Crippen LogP contribution < -0.4 is 15.0 Å². The molecule has 2 heterocycles. The van der Waals surface area contributed by atoms with Crippen molar-refractivity contribution in [2.75, 3.05) is 56.6 Å². The van der Waals surface area contributed by atoms with Gasteiger partial charge in [0.1, 0.15) is 11.6 Å². The summed E-state index contributed by atoms with van der Waals surface area (Å²) in [7, 11) is 1.68. The van der Waals surface area contributed by atoms with Crippen LogP contribution in [0.1, 0.15) is 17.5 Å². The fourth-order valence-corrected chi connectivity index (χ4v) is 4.86. The largest absolute Gasteiger partial charge is 0.497 e. The van der Waals surface area contributed by atoms with Crippen molar-refractivity contribution in [1.29, 1.82) is 0 Å². The van der Waals surface area contributed by atoms with Gasteiger partial charge in [-0.15, -0.1) is 0 Å². The third-order valence-electron chi connectivity index (χ3n) is 6.97. The molecule has 1 fully saturated rings. The molecule has 6 nitrogen and oxygen atoms in total. The Morgan fingerprint density at radius 2 is 1.67 bits per heavy atom. The molecule has 0 bridgehead atoms. The van der Waals surface area contributed by atoms with E-state index in [-0.39, 0.29) is 0 Å². The standard InChI is InChI=1S/C30H35N5O/c1-22-9-10-23(2)28(21-22)35-19-17-34(18-20-35)16-6-15-31-30-26-7-4-5-8-27(26)32-29(33-30)24-11-13-25(36-3)14-12-24/h4-5,7-14,21H,6,15-20H2,1-3H3,(H,31,32,33). The van der Waals surface area contributed by atoms with Crippen LogP contribution >= 0.6 is 0 Å². The molecule has 1 aliphatic rings. The van der Waals surface area contributed by atoms with E-state index in [4.69, 9.17) is 14.7 Å². The molecular weight excluding hydrogens is 446 g/mol. The lowest BCUT2D eigenvalue weighted by molar-refractivity contribution is 0.257. The topological polar surface area (TPSA) is 53.5 Å². The van der Waals surface area contributed by atoms with Gasteiger partial charge in [-0.1, -0.05) is 24.3 Å². The number of aromatic nitrogens is 2. The van der Waals surface area contributed by atoms with E-state index in [1.165, 1.54) is 16.8 Å². The molecule has 0 atom stereocenters. The Balaban J connectivity index is 1.19. The van der Waals surface area contributed by atoms with Crippen molar-refractivity contribution in [2.24, 2.45) is 0 Å². The van der Waals surface area contributed by atoms with E-state index < -0.39 is 0 Å². The number of anilines is 2. The summed E-state index contributed by atoms with van der Waals surface area (Å²) in [6.45, 7) is 10.7. The average Bonchev–Trinajstić information content (AvgIpc) is 2.92. The van der Waals surface area contributed by atoms with Crippen molar-refractivity contribution < 1.29 is 4.74 Å². The first-order valence-electron chi connectivity index (χ1n) is 12.8. The first-order chi connectivity index (χ1) is 17.6. The van der Waals surface area contributed by atoms with Crippen molar-refractivity contribution in [3.8, 4) is 17.1 Å². The van der Waals surface area contributed by atoms with Crippen LogP contribution in [0.15, 0.2) is 66.7 Å². The third-order valence-corrected chi connectivity index (χ3v) is 6.97. The molecule has 0 saturated carbocycles. The van der Waals surface area contributed by atoms with E-state index >= 15 is 0 Å². The summed E-state index contributed by atoms with van der Waals surface area (Å²) in [6, 6.07) is 22.8. The first kappa shape index (κ1) is 24.1. The molecule has 0 radical (unpaired) electrons. The number of methoxy groups -OCH3 is 1. The lowest BCUT2D eigenvalue weighted by Gasteiger charge is -2.37. The van der Waals surface area contributed by atoms with Crippen molar-refractivity contribution in [1.82, 2.24) is 14.9 Å². The molecule has 1 aromatic heterocycles. The highest BCUT2D eigenvalue weighted by molar-refractivity contribution is 5.90. The minimum atomic E-state index is 0.724. The Hall–Kier alpha value is -3.64. The lowest BCUT2D eigenvalue weighted by Crippen LogP contribution is -2.47. The van der Waals surface area contributed by atoms with Gasteiger partial charge in [0.25, 0.3) is 0 Å². The highest BCUT2D eigenvalue weighted by atomic mass is 16.5. The van der Waals surface area contributed by atoms with E-state index in [9.17, 15) is 0 Å². The number of fused-ring (bicyclic) bond motifs is 1. The number of nitrogens with zero attached hydrogens (tertiary/aromatic N) is 4. The summed E-state index contributed by atoms with van der Waals surface area (Å²) >= 11 is 0.